The molecule has 0 amide bonds. The number of aliphatic hydroxyl groups excluding tert-OH is 2. The molecule has 15 atom stereocenters. The van der Waals surface area contributed by atoms with E-state index in [1.807, 2.05) is 90.2 Å². The van der Waals surface area contributed by atoms with Crippen LogP contribution >= 0.6 is 23.5 Å². The normalized spacial score (nSPS) is 28.1. The Bertz CT molecular complexity index is 5210. The molecular weight excluding hydrogens is 1450 g/mol. The molecule has 8 aromatic rings. The number of phenolic OH excluding ortho intramolecular Hbond substituents is 2. The Labute approximate surface area is 645 Å². The number of rotatable bonds is 6. The number of aliphatic hydroxyl groups is 2. The Balaban J connectivity index is 0.000000144. The van der Waals surface area contributed by atoms with Gasteiger partial charge in [0.15, 0.2) is 51.5 Å². The zero-order chi connectivity index (χ0) is 76.2. The Morgan fingerprint density at radius 3 is 1.69 bits per heavy atom. The number of para-hydroxylation sites is 2. The third-order valence-corrected chi connectivity index (χ3v) is 27.8. The monoisotopic (exact) mass is 1530 g/mol. The number of aryl methyl sites for hydroxylation is 2. The minimum atomic E-state index is -1.42. The van der Waals surface area contributed by atoms with Crippen molar-refractivity contribution in [3.63, 3.8) is 0 Å². The number of hydrogen-bond acceptors (Lipinski definition) is 27. The first-order valence-corrected chi connectivity index (χ1v) is 39.0. The summed E-state index contributed by atoms with van der Waals surface area (Å²) in [6, 6.07) is 20.3. The number of nitrogens with two attached hydrogens (primary N) is 1. The van der Waals surface area contributed by atoms with Gasteiger partial charge in [-0.3, -0.25) is 29.7 Å². The first-order chi connectivity index (χ1) is 52.6. The van der Waals surface area contributed by atoms with Gasteiger partial charge in [0.05, 0.1) is 75.8 Å². The van der Waals surface area contributed by atoms with E-state index in [-0.39, 0.29) is 123 Å². The number of nitriles is 2. The summed E-state index contributed by atoms with van der Waals surface area (Å²) in [6.07, 6.45) is 3.95. The molecule has 0 radical (unpaired) electrons. The lowest BCUT2D eigenvalue weighted by Crippen LogP contribution is -2.69. The summed E-state index contributed by atoms with van der Waals surface area (Å²) in [7, 11) is 7.19. The maximum atomic E-state index is 14.9. The number of methoxy groups -OCH3 is 2. The summed E-state index contributed by atoms with van der Waals surface area (Å²) in [4.78, 5) is 49.3. The van der Waals surface area contributed by atoms with Crippen LogP contribution in [0, 0.1) is 64.2 Å². The molecule has 8 bridgehead atoms. The molecule has 12 aliphatic rings. The highest BCUT2D eigenvalue weighted by atomic mass is 32.2. The number of hydrogen-bond donors (Lipinski definition) is 6. The Morgan fingerprint density at radius 1 is 0.655 bits per heavy atom. The zero-order valence-electron chi connectivity index (χ0n) is 62.1. The lowest BCUT2D eigenvalue weighted by atomic mass is 9.71. The summed E-state index contributed by atoms with van der Waals surface area (Å²) in [5.74, 6) is 2.36. The van der Waals surface area contributed by atoms with Crippen LogP contribution in [0.4, 0.5) is 0 Å². The van der Waals surface area contributed by atoms with E-state index in [2.05, 4.69) is 63.2 Å². The number of carbonyl (C=O) groups excluding carboxylic acids is 3. The predicted octanol–water partition coefficient (Wildman–Crippen LogP) is 9.88. The second kappa shape index (κ2) is 28.5. The summed E-state index contributed by atoms with van der Waals surface area (Å²) < 4.78 is 59.8. The van der Waals surface area contributed by atoms with Gasteiger partial charge in [0.25, 0.3) is 0 Å². The van der Waals surface area contributed by atoms with Crippen molar-refractivity contribution in [1.29, 1.82) is 10.5 Å². The molecule has 6 aromatic carbocycles. The van der Waals surface area contributed by atoms with Crippen LogP contribution in [0.5, 0.6) is 46.0 Å². The molecule has 25 nitrogen and oxygen atoms in total. The van der Waals surface area contributed by atoms with Crippen molar-refractivity contribution < 1.29 is 81.5 Å². The van der Waals surface area contributed by atoms with Crippen LogP contribution in [-0.2, 0) is 55.1 Å². The molecule has 0 aliphatic carbocycles. The average Bonchev–Trinajstić information content (AvgIpc) is 0.769. The fourth-order valence-corrected chi connectivity index (χ4v) is 23.2. The predicted molar refractivity (Wildman–Crippen MR) is 409 cm³/mol. The quantitative estimate of drug-likeness (QED) is 0.0666. The highest BCUT2D eigenvalue weighted by Crippen LogP contribution is 2.66. The van der Waals surface area contributed by atoms with Gasteiger partial charge in [-0.2, -0.15) is 10.5 Å². The summed E-state index contributed by atoms with van der Waals surface area (Å²) in [6.45, 7) is 11.8. The number of benzene rings is 6. The number of likely N-dealkylation sites (N-methyl/N-ethyl adjacent to an activating group) is 2. The van der Waals surface area contributed by atoms with Crippen LogP contribution < -0.4 is 39.5 Å². The number of nitrogens with one attached hydrogen (secondary N) is 1. The molecule has 4 saturated heterocycles. The molecule has 110 heavy (non-hydrogen) atoms. The number of fused-ring (bicyclic) bond motifs is 21. The highest BCUT2D eigenvalue weighted by molar-refractivity contribution is 8.00. The number of furan rings is 2. The molecule has 0 saturated carbocycles. The number of thioether (sulfide) groups is 2. The fraction of sp³-hybridized carbons (Fsp3) is 0.458. The molecule has 14 heterocycles. The van der Waals surface area contributed by atoms with Gasteiger partial charge in [-0.15, -0.1) is 23.5 Å². The standard InChI is InChI=1S/C41H42N4O8S.C30H31N3O7S.C11H13NO2.CH4/c1-18-10-21-11-25-26(13-42)45-27-15-50-40(48)41(39-24(12-22(14-46)43-41)23-8-6-7-9-28(23)53-39)16-54-38(29-19(2)20(3)36-37(31(27)29)52-17-51-36)33(45)32(44(25)4)30(21)34(47)35(18)49-5;1-12-6-15-7-16-17(8-31)33-18-9-38-30(36)19(34)10-41-29(20-13(2)14(3)27-28(22(18)20)40-11-39-27)24(33)23(32(16)4)21(15)25(35)26(12)37-5;12-9(6-13)5-8-7-14-11-4-2-1-3-10(8)11;/h6-10,22,25-27,32-33,38,43,46-47H,11-12,14-17H2,1-5H3;6,16-18,23-24,29,35H,7,9-11H2,1-5H3;1-4,7,9,13H,5-6,12H2;1H4/t22-,25+,26+,27+,32-,33-,38-,41-;16-,17-,18-,23+,24+,29+;9-;/m101./s1. The number of piperazine rings is 2. The van der Waals surface area contributed by atoms with Crippen molar-refractivity contribution in [2.75, 3.05) is 79.8 Å². The number of ketones is 1. The molecule has 2 aromatic heterocycles. The minimum Gasteiger partial charge on any atom is -0.504 e. The van der Waals surface area contributed by atoms with Crippen LogP contribution in [-0.4, -0.2) is 186 Å². The molecule has 7 N–H and O–H groups in total. The number of esters is 2. The van der Waals surface area contributed by atoms with Crippen molar-refractivity contribution in [3.05, 3.63) is 162 Å². The largest absolute Gasteiger partial charge is 0.504 e. The van der Waals surface area contributed by atoms with E-state index in [1.165, 1.54) is 11.8 Å². The molecule has 1 spiro atoms. The number of Topliss-reactive ketones (excluding diaryl/α,β-unsaturated/α-hetero) is 1. The third-order valence-electron chi connectivity index (χ3n) is 25.0. The first kappa shape index (κ1) is 74.8. The maximum Gasteiger partial charge on any atom is 0.375 e. The first-order valence-electron chi connectivity index (χ1n) is 36.9. The number of cyclic esters (lactones) is 1. The van der Waals surface area contributed by atoms with E-state index in [1.54, 1.807) is 32.2 Å². The number of ether oxygens (including phenoxy) is 8. The summed E-state index contributed by atoms with van der Waals surface area (Å²) in [5.41, 5.74) is 20.8. The van der Waals surface area contributed by atoms with E-state index < -0.39 is 53.5 Å². The number of nitrogens with zero attached hydrogens (tertiary/aromatic N) is 6. The van der Waals surface area contributed by atoms with Crippen LogP contribution in [0.2, 0.25) is 0 Å². The highest BCUT2D eigenvalue weighted by Gasteiger charge is 2.64. The smallest absolute Gasteiger partial charge is 0.375 e. The SMILES string of the molecule is C.COc1c(C)cc2c(c1O)[C@@H]1[C@@H]3[C@@H]4SCC(=O)C(=O)OC[C@@H](c5c6c(c(C)c(C)c54)OCO6)N3[C@@H](C#N)[C@H](C2)N1C.COc1c(C)cc2c(c1O)[C@@H]1[C@@H]3[C@@H]4SC[C@]5(N[C@@H](CO)Cc6c5oc5ccccc65)C(=O)OC[C@@H](c5c6c(c(C)c(C)c54)OCO6)N3[C@@H](C#N)[C@H](C2)N1C.N[C@@H](CO)Cc1coc2ccccc12. The van der Waals surface area contributed by atoms with Gasteiger partial charge >= 0.3 is 11.9 Å². The van der Waals surface area contributed by atoms with Gasteiger partial charge < -0.3 is 72.9 Å². The van der Waals surface area contributed by atoms with Gasteiger partial charge in [0.2, 0.25) is 19.4 Å². The molecule has 576 valence electrons. The van der Waals surface area contributed by atoms with Crippen LogP contribution in [0.1, 0.15) is 137 Å². The third kappa shape index (κ3) is 11.1. The van der Waals surface area contributed by atoms with Gasteiger partial charge in [-0.05, 0) is 155 Å². The maximum absolute atomic E-state index is 14.9. The Kier molecular flexibility index (Phi) is 19.4. The lowest BCUT2D eigenvalue weighted by molar-refractivity contribution is -0.158. The molecule has 0 unspecified atom stereocenters. The van der Waals surface area contributed by atoms with Crippen LogP contribution in [0.3, 0.4) is 0 Å². The van der Waals surface area contributed by atoms with E-state index in [0.717, 1.165) is 105 Å². The van der Waals surface area contributed by atoms with E-state index in [0.29, 0.717) is 71.5 Å². The fourth-order valence-electron chi connectivity index (χ4n) is 20.1. The van der Waals surface area contributed by atoms with Gasteiger partial charge in [-0.1, -0.05) is 56.0 Å². The molecular formula is C83H90N8O17S2. The Morgan fingerprint density at radius 2 is 1.16 bits per heavy atom. The second-order valence-corrected chi connectivity index (χ2v) is 32.7. The lowest BCUT2D eigenvalue weighted by Gasteiger charge is -2.62. The molecule has 27 heteroatoms. The molecule has 20 rings (SSSR count). The topological polar surface area (TPSA) is 331 Å². The number of aromatic hydroxyl groups is 2. The van der Waals surface area contributed by atoms with Crippen molar-refractivity contribution >= 4 is 63.2 Å². The van der Waals surface area contributed by atoms with Gasteiger partial charge in [-0.25, -0.2) is 9.59 Å². The number of carbonyl (C=O) groups is 3. The Hall–Kier alpha value is -9.23. The zero-order valence-corrected chi connectivity index (χ0v) is 63.7. The second-order valence-electron chi connectivity index (χ2n) is 30.4. The van der Waals surface area contributed by atoms with Gasteiger partial charge in [0.1, 0.15) is 42.2 Å². The molecule has 12 aliphatic heterocycles. The van der Waals surface area contributed by atoms with Crippen LogP contribution in [0.15, 0.2) is 75.8 Å². The minimum absolute atomic E-state index is 0. The van der Waals surface area contributed by atoms with Crippen molar-refractivity contribution in [2.24, 2.45) is 5.73 Å². The average molecular weight is 1540 g/mol. The van der Waals surface area contributed by atoms with Gasteiger partial charge in [0, 0.05) is 91.1 Å². The van der Waals surface area contributed by atoms with E-state index in [4.69, 9.17) is 57.6 Å². The molecule has 4 fully saturated rings. The number of phenols is 2. The van der Waals surface area contributed by atoms with Crippen molar-refractivity contribution in [1.82, 2.24) is 24.9 Å². The summed E-state index contributed by atoms with van der Waals surface area (Å²) in [5, 5.41) is 69.9. The van der Waals surface area contributed by atoms with E-state index in [9.17, 15) is 40.2 Å². The van der Waals surface area contributed by atoms with Crippen LogP contribution in [0.25, 0.3) is 21.9 Å². The van der Waals surface area contributed by atoms with Crippen molar-refractivity contribution in [3.8, 4) is 58.1 Å². The van der Waals surface area contributed by atoms with Crippen molar-refractivity contribution in [2.45, 2.75) is 163 Å². The summed E-state index contributed by atoms with van der Waals surface area (Å²) >= 11 is 2.99. The van der Waals surface area contributed by atoms with E-state index >= 15 is 0 Å².